The number of esters is 1. The molecule has 8 aromatic carbocycles. The molecule has 0 saturated heterocycles. The number of fused-ring (bicyclic) bond motifs is 2. The standard InChI is InChI=1S/C23H13ClF2N2O2.C17H11ClFNO2.C13H9ClFNO.C7H5ClN2.C6H4FNO.C6H4F.C6H10O3.CH4.BrH.Mg/c24-15-4-7-19-18(10-15)21(14-2-5-16(25)6-3-14)22(23(30)28-19)20(29)8-1-13-9-17(26)12-27-11-13;1-9(21)15-16(10-2-5-12(19)6-3-10)13-8-11(18)4-7-14(13)20-17(15)22;14-9-3-6-12(16)11(7-9)13(17)8-1-4-10(15)5-2-8;1-10-7-4-5(8)2-3-6(7)9;7-6-1-5(4-9)2-8-3-6;7-6-4-2-1-3-5-6;1-3-9-6(8)4-5(2)7;;;/h1-12H,(H,28,30);2-8H,1H3,(H,20,22);1-7H,16H2;2-4H,9H2;1-4H;2-5H;3-4H2,1-2H3;1H4;1H;/q;;;;;-1;;;;+2/p-1/b8-1+;;;;;;;;;. The van der Waals surface area contributed by atoms with Crippen LogP contribution in [0.4, 0.5) is 43.4 Å². The number of nitrogen functional groups attached to an aromatic ring is 2. The summed E-state index contributed by atoms with van der Waals surface area (Å²) in [6.45, 7) is 11.4. The molecule has 12 rings (SSSR count). The van der Waals surface area contributed by atoms with Crippen LogP contribution in [0.1, 0.15) is 87.2 Å². The van der Waals surface area contributed by atoms with Crippen LogP contribution in [0.2, 0.25) is 20.1 Å². The van der Waals surface area contributed by atoms with E-state index in [1.54, 1.807) is 73.7 Å². The molecule has 0 unspecified atom stereocenters. The molecule has 12 aromatic rings. The summed E-state index contributed by atoms with van der Waals surface area (Å²) in [5.74, 6) is -4.29. The summed E-state index contributed by atoms with van der Waals surface area (Å²) in [5, 5.41) is 3.06. The first kappa shape index (κ1) is 90.3. The molecule has 4 heterocycles. The molecule has 0 aliphatic rings. The minimum Gasteiger partial charge on any atom is -1.00 e. The number of halogens is 11. The molecule has 0 spiro atoms. The zero-order valence-electron chi connectivity index (χ0n) is 55.8. The summed E-state index contributed by atoms with van der Waals surface area (Å²) in [6.07, 6.45) is 7.77. The second-order valence-corrected chi connectivity index (χ2v) is 23.1. The van der Waals surface area contributed by atoms with Gasteiger partial charge in [0.2, 0.25) is 5.69 Å². The maximum absolute atomic E-state index is 13.5. The Balaban J connectivity index is 0.000000343. The van der Waals surface area contributed by atoms with Crippen molar-refractivity contribution in [2.45, 2.75) is 34.6 Å². The van der Waals surface area contributed by atoms with Gasteiger partial charge in [0.05, 0.1) is 36.7 Å². The number of nitrogens with one attached hydrogen (secondary N) is 2. The van der Waals surface area contributed by atoms with E-state index >= 15 is 0 Å². The van der Waals surface area contributed by atoms with Gasteiger partial charge in [-0.25, -0.2) is 31.2 Å². The van der Waals surface area contributed by atoms with E-state index in [2.05, 4.69) is 35.6 Å². The minimum absolute atomic E-state index is 0. The molecule has 0 bridgehead atoms. The number of aromatic nitrogens is 4. The Bertz CT molecular complexity index is 5300. The van der Waals surface area contributed by atoms with Gasteiger partial charge in [-0.3, -0.25) is 48.3 Å². The van der Waals surface area contributed by atoms with Gasteiger partial charge in [0, 0.05) is 99.3 Å². The molecule has 0 fully saturated rings. The van der Waals surface area contributed by atoms with E-state index in [4.69, 9.17) is 64.4 Å². The van der Waals surface area contributed by atoms with Crippen LogP contribution in [0.25, 0.3) is 55.0 Å². The first-order valence-electron chi connectivity index (χ1n) is 30.3. The molecule has 6 N–H and O–H groups in total. The van der Waals surface area contributed by atoms with Gasteiger partial charge < -0.3 is 43.2 Å². The third kappa shape index (κ3) is 28.2. The van der Waals surface area contributed by atoms with Crippen molar-refractivity contribution in [3.63, 3.8) is 0 Å². The average molecular weight is 1610 g/mol. The van der Waals surface area contributed by atoms with Crippen molar-refractivity contribution < 1.29 is 76.8 Å². The molecule has 0 radical (unpaired) electrons. The number of nitrogens with two attached hydrogens (primary N) is 2. The molecule has 0 saturated carbocycles. The molecule has 0 aliphatic heterocycles. The number of rotatable bonds is 12. The first-order valence-corrected chi connectivity index (χ1v) is 31.8. The fourth-order valence-electron chi connectivity index (χ4n) is 9.08. The Morgan fingerprint density at radius 2 is 0.991 bits per heavy atom. The Morgan fingerprint density at radius 1 is 0.561 bits per heavy atom. The van der Waals surface area contributed by atoms with Crippen LogP contribution in [-0.4, -0.2) is 85.0 Å². The van der Waals surface area contributed by atoms with Crippen LogP contribution in [0.3, 0.4) is 0 Å². The molecule has 544 valence electrons. The number of H-pyrrole nitrogens is 2. The summed E-state index contributed by atoms with van der Waals surface area (Å²) >= 11 is 23.6. The van der Waals surface area contributed by atoms with Crippen molar-refractivity contribution >= 4 is 150 Å². The number of ketones is 4. The van der Waals surface area contributed by atoms with Crippen LogP contribution in [0.15, 0.2) is 222 Å². The van der Waals surface area contributed by atoms with Gasteiger partial charge in [-0.1, -0.05) is 78.1 Å². The number of benzene rings is 8. The number of aldehydes is 1. The minimum atomic E-state index is -0.601. The molecular weight excluding hydrogens is 1550 g/mol. The second kappa shape index (κ2) is 44.8. The molecule has 16 nitrogen and oxygen atoms in total. The zero-order chi connectivity index (χ0) is 76.2. The number of nitrogens with zero attached hydrogens (tertiary/aromatic N) is 3. The maximum Gasteiger partial charge on any atom is 2.00 e. The van der Waals surface area contributed by atoms with E-state index in [1.165, 1.54) is 148 Å². The fraction of sp³-hybridized carbons (Fsp3) is 0.0759. The fourth-order valence-corrected chi connectivity index (χ4v) is 9.76. The molecule has 28 heteroatoms. The number of hydrogen-bond acceptors (Lipinski definition) is 13. The first-order chi connectivity index (χ1) is 49.6. The van der Waals surface area contributed by atoms with Gasteiger partial charge in [-0.05, 0) is 183 Å². The third-order valence-corrected chi connectivity index (χ3v) is 14.6. The van der Waals surface area contributed by atoms with Crippen molar-refractivity contribution in [2.24, 2.45) is 0 Å². The summed E-state index contributed by atoms with van der Waals surface area (Å²) in [6, 6.07) is 46.6. The Hall–Kier alpha value is -10.9. The number of aromatic amines is 2. The maximum atomic E-state index is 13.5. The van der Waals surface area contributed by atoms with Gasteiger partial charge in [-0.15, -0.1) is 12.1 Å². The zero-order valence-corrected chi connectivity index (χ0v) is 61.8. The van der Waals surface area contributed by atoms with Crippen LogP contribution >= 0.6 is 46.4 Å². The van der Waals surface area contributed by atoms with Crippen LogP contribution in [-0.2, 0) is 14.3 Å². The number of Topliss-reactive ketones (excluding diaryl/α,β-unsaturated/α-hetero) is 2. The van der Waals surface area contributed by atoms with Crippen LogP contribution in [0.5, 0.6) is 0 Å². The van der Waals surface area contributed by atoms with Crippen LogP contribution < -0.4 is 39.6 Å². The number of pyridine rings is 4. The van der Waals surface area contributed by atoms with E-state index < -0.39 is 40.3 Å². The van der Waals surface area contributed by atoms with Crippen molar-refractivity contribution in [3.8, 4) is 22.3 Å². The molecule has 0 atom stereocenters. The summed E-state index contributed by atoms with van der Waals surface area (Å²) < 4.78 is 81.2. The molecule has 0 amide bonds. The van der Waals surface area contributed by atoms with Gasteiger partial charge >= 0.3 is 29.0 Å². The van der Waals surface area contributed by atoms with Gasteiger partial charge in [0.25, 0.3) is 11.1 Å². The van der Waals surface area contributed by atoms with Gasteiger partial charge in [0.1, 0.15) is 41.3 Å². The largest absolute Gasteiger partial charge is 2.00 e. The van der Waals surface area contributed by atoms with E-state index in [0.29, 0.717) is 111 Å². The number of anilines is 2. The number of carbonyl (C=O) groups excluding carboxylic acids is 6. The Kier molecular flexibility index (Phi) is 37.8. The molecule has 107 heavy (non-hydrogen) atoms. The van der Waals surface area contributed by atoms with Crippen LogP contribution in [0, 0.1) is 47.5 Å². The van der Waals surface area contributed by atoms with Gasteiger partial charge in [-0.2, -0.15) is 18.2 Å². The van der Waals surface area contributed by atoms with Gasteiger partial charge in [0.15, 0.2) is 23.6 Å². The number of hydrogen-bond donors (Lipinski definition) is 4. The second-order valence-electron chi connectivity index (χ2n) is 21.3. The molecular formula is C79H60BrCl4F6MgN7O9. The van der Waals surface area contributed by atoms with E-state index in [9.17, 15) is 64.7 Å². The predicted octanol–water partition coefficient (Wildman–Crippen LogP) is 15.8. The molecule has 4 aromatic heterocycles. The number of ether oxygens (including phenoxy) is 1. The third-order valence-electron chi connectivity index (χ3n) is 13.7. The predicted molar refractivity (Wildman–Crippen MR) is 405 cm³/mol. The summed E-state index contributed by atoms with van der Waals surface area (Å²) in [4.78, 5) is 108. The Labute approximate surface area is 656 Å². The average Bonchev–Trinajstić information content (AvgIpc) is 0.768. The SMILES string of the molecule is C.CC(=O)c1c(-c2ccc(F)cc2)c2cc(Cl)ccc2[nH]c1=O.CCOC(=O)CC(C)=O.Fc1cc[c-]cc1.Nc1ccc(Cl)cc1C(=O)c1ccc(F)cc1.O=C(/C=C/c1cncc(F)c1)c1c(-c2ccc(F)cc2)c2cc(Cl)ccc2[nH]c1=O.O=Cc1cncc(F)c1.[Br-].[C-]#[N+]c1cc(Cl)ccc1N.[Mg+2]. The smallest absolute Gasteiger partial charge is 1.00 e. The quantitative estimate of drug-likeness (QED) is 0.0102. The van der Waals surface area contributed by atoms with Crippen molar-refractivity contribution in [1.29, 1.82) is 0 Å². The summed E-state index contributed by atoms with van der Waals surface area (Å²) in [7, 11) is 0. The number of carbonyl (C=O) groups is 6. The topological polar surface area (TPSA) is 260 Å². The summed E-state index contributed by atoms with van der Waals surface area (Å²) in [5.41, 5.74) is 15.5. The van der Waals surface area contributed by atoms with Crippen molar-refractivity contribution in [3.05, 3.63) is 339 Å². The van der Waals surface area contributed by atoms with E-state index in [1.807, 2.05) is 0 Å². The van der Waals surface area contributed by atoms with E-state index in [0.717, 1.165) is 18.5 Å². The normalized spacial score (nSPS) is 9.91. The molecule has 0 aliphatic carbocycles. The monoisotopic (exact) mass is 1610 g/mol. The Morgan fingerprint density at radius 3 is 1.42 bits per heavy atom. The van der Waals surface area contributed by atoms with E-state index in [-0.39, 0.29) is 105 Å². The van der Waals surface area contributed by atoms with Crippen molar-refractivity contribution in [1.82, 2.24) is 19.9 Å². The van der Waals surface area contributed by atoms with Crippen molar-refractivity contribution in [2.75, 3.05) is 18.1 Å². The number of allylic oxidation sites excluding steroid dienone is 1.